The normalized spacial score (nSPS) is 10.8. The van der Waals surface area contributed by atoms with Crippen molar-refractivity contribution in [1.29, 1.82) is 0 Å². The van der Waals surface area contributed by atoms with Crippen molar-refractivity contribution in [2.75, 3.05) is 0 Å². The first-order valence-electron chi connectivity index (χ1n) is 5.24. The van der Waals surface area contributed by atoms with Crippen molar-refractivity contribution in [1.82, 2.24) is 4.98 Å². The van der Waals surface area contributed by atoms with Crippen molar-refractivity contribution in [3.63, 3.8) is 0 Å². The maximum Gasteiger partial charge on any atom is 0.226 e. The summed E-state index contributed by atoms with van der Waals surface area (Å²) in [5.41, 5.74) is 3.03. The molecule has 0 saturated carbocycles. The van der Waals surface area contributed by atoms with Gasteiger partial charge in [0.05, 0.1) is 0 Å². The molecule has 2 heteroatoms. The molecule has 0 bridgehead atoms. The lowest BCUT2D eigenvalue weighted by atomic mass is 10.1. The molecule has 16 heavy (non-hydrogen) atoms. The molecule has 0 N–H and O–H groups in total. The molecule has 1 aromatic carbocycles. The van der Waals surface area contributed by atoms with Gasteiger partial charge in [0.1, 0.15) is 5.76 Å². The maximum absolute atomic E-state index is 5.68. The molecule has 0 aliphatic rings. The Morgan fingerprint density at radius 1 is 1.06 bits per heavy atom. The molecule has 0 amide bonds. The summed E-state index contributed by atoms with van der Waals surface area (Å²) in [4.78, 5) is 4.18. The van der Waals surface area contributed by atoms with Crippen LogP contribution in [0.2, 0.25) is 0 Å². The van der Waals surface area contributed by atoms with E-state index < -0.39 is 0 Å². The average Bonchev–Trinajstić information content (AvgIpc) is 2.73. The fraction of sp³-hybridized carbons (Fsp3) is 0.0714. The lowest BCUT2D eigenvalue weighted by Gasteiger charge is -1.96. The molecule has 2 nitrogen and oxygen atoms in total. The van der Waals surface area contributed by atoms with Crippen LogP contribution < -0.4 is 0 Å². The first kappa shape index (κ1) is 9.16. The van der Waals surface area contributed by atoms with Crippen molar-refractivity contribution in [3.8, 4) is 11.3 Å². The van der Waals surface area contributed by atoms with Crippen LogP contribution in [0.3, 0.4) is 0 Å². The first-order chi connectivity index (χ1) is 7.83. The minimum atomic E-state index is 0.693. The summed E-state index contributed by atoms with van der Waals surface area (Å²) in [6.07, 6.45) is 1.74. The molecule has 0 spiro atoms. The minimum Gasteiger partial charge on any atom is -0.438 e. The van der Waals surface area contributed by atoms with E-state index >= 15 is 0 Å². The molecule has 0 aliphatic heterocycles. The van der Waals surface area contributed by atoms with Crippen LogP contribution >= 0.6 is 0 Å². The Labute approximate surface area is 93.5 Å². The number of hydrogen-bond donors (Lipinski definition) is 0. The average molecular weight is 209 g/mol. The predicted molar refractivity (Wildman–Crippen MR) is 64.2 cm³/mol. The van der Waals surface area contributed by atoms with Gasteiger partial charge in [-0.15, -0.1) is 0 Å². The van der Waals surface area contributed by atoms with Gasteiger partial charge in [-0.1, -0.05) is 29.8 Å². The van der Waals surface area contributed by atoms with E-state index in [-0.39, 0.29) is 0 Å². The van der Waals surface area contributed by atoms with Gasteiger partial charge in [0.25, 0.3) is 0 Å². The third-order valence-electron chi connectivity index (χ3n) is 2.63. The highest BCUT2D eigenvalue weighted by Crippen LogP contribution is 2.26. The number of rotatable bonds is 1. The molecule has 3 aromatic rings. The van der Waals surface area contributed by atoms with Gasteiger partial charge in [-0.2, -0.15) is 0 Å². The first-order valence-corrected chi connectivity index (χ1v) is 5.24. The number of fused-ring (bicyclic) bond motifs is 1. The van der Waals surface area contributed by atoms with E-state index in [0.717, 1.165) is 16.7 Å². The fourth-order valence-electron chi connectivity index (χ4n) is 1.73. The van der Waals surface area contributed by atoms with E-state index in [1.807, 2.05) is 18.2 Å². The minimum absolute atomic E-state index is 0.693. The molecule has 2 aromatic heterocycles. The van der Waals surface area contributed by atoms with Gasteiger partial charge in [-0.25, -0.2) is 4.98 Å². The number of benzene rings is 1. The zero-order valence-electron chi connectivity index (χ0n) is 8.97. The van der Waals surface area contributed by atoms with Gasteiger partial charge in [-0.05, 0) is 25.1 Å². The highest BCUT2D eigenvalue weighted by atomic mass is 16.3. The molecule has 0 unspecified atom stereocenters. The number of furan rings is 1. The molecule has 78 valence electrons. The van der Waals surface area contributed by atoms with Crippen LogP contribution in [0.1, 0.15) is 5.56 Å². The smallest absolute Gasteiger partial charge is 0.226 e. The summed E-state index contributed by atoms with van der Waals surface area (Å²) < 4.78 is 5.68. The molecule has 2 heterocycles. The van der Waals surface area contributed by atoms with Gasteiger partial charge < -0.3 is 4.42 Å². The fourth-order valence-corrected chi connectivity index (χ4v) is 1.73. The second kappa shape index (κ2) is 3.49. The Bertz CT molecular complexity index is 590. The summed E-state index contributed by atoms with van der Waals surface area (Å²) in [5, 5.41) is 1.04. The Kier molecular flexibility index (Phi) is 2.00. The molecule has 0 aliphatic carbocycles. The second-order valence-electron chi connectivity index (χ2n) is 3.87. The van der Waals surface area contributed by atoms with Crippen LogP contribution in [-0.2, 0) is 0 Å². The van der Waals surface area contributed by atoms with E-state index in [1.165, 1.54) is 5.56 Å². The Morgan fingerprint density at radius 3 is 2.62 bits per heavy atom. The molecular formula is C14H11NO. The van der Waals surface area contributed by atoms with Crippen molar-refractivity contribution in [2.45, 2.75) is 6.92 Å². The van der Waals surface area contributed by atoms with E-state index in [9.17, 15) is 0 Å². The van der Waals surface area contributed by atoms with Gasteiger partial charge in [0.15, 0.2) is 0 Å². The van der Waals surface area contributed by atoms with E-state index in [0.29, 0.717) is 5.71 Å². The van der Waals surface area contributed by atoms with Gasteiger partial charge >= 0.3 is 0 Å². The third kappa shape index (κ3) is 1.48. The highest BCUT2D eigenvalue weighted by Gasteiger charge is 2.05. The van der Waals surface area contributed by atoms with Crippen molar-refractivity contribution in [2.24, 2.45) is 0 Å². The summed E-state index contributed by atoms with van der Waals surface area (Å²) in [5.74, 6) is 0.869. The van der Waals surface area contributed by atoms with Crippen LogP contribution in [0, 0.1) is 6.92 Å². The zero-order valence-corrected chi connectivity index (χ0v) is 8.97. The molecule has 3 rings (SSSR count). The molecular weight excluding hydrogens is 198 g/mol. The molecule has 0 saturated heterocycles. The number of aromatic nitrogens is 1. The van der Waals surface area contributed by atoms with Crippen LogP contribution in [0.25, 0.3) is 22.4 Å². The second-order valence-corrected chi connectivity index (χ2v) is 3.87. The van der Waals surface area contributed by atoms with Gasteiger partial charge in [0.2, 0.25) is 5.71 Å². The van der Waals surface area contributed by atoms with E-state index in [1.54, 1.807) is 6.20 Å². The monoisotopic (exact) mass is 209 g/mol. The van der Waals surface area contributed by atoms with Crippen LogP contribution in [0.15, 0.2) is 53.1 Å². The number of nitrogens with zero attached hydrogens (tertiary/aromatic N) is 1. The summed E-state index contributed by atoms with van der Waals surface area (Å²) in [7, 11) is 0. The summed E-state index contributed by atoms with van der Waals surface area (Å²) in [6, 6.07) is 14.2. The Morgan fingerprint density at radius 2 is 1.88 bits per heavy atom. The molecule has 0 radical (unpaired) electrons. The lowest BCUT2D eigenvalue weighted by Crippen LogP contribution is -1.74. The third-order valence-corrected chi connectivity index (χ3v) is 2.63. The van der Waals surface area contributed by atoms with Crippen LogP contribution in [-0.4, -0.2) is 4.98 Å². The largest absolute Gasteiger partial charge is 0.438 e. The lowest BCUT2D eigenvalue weighted by molar-refractivity contribution is 0.618. The molecule has 0 atom stereocenters. The quantitative estimate of drug-likeness (QED) is 0.609. The Hall–Kier alpha value is -2.09. The van der Waals surface area contributed by atoms with Crippen molar-refractivity contribution >= 4 is 11.1 Å². The summed E-state index contributed by atoms with van der Waals surface area (Å²) >= 11 is 0. The standard InChI is InChI=1S/C14H11NO/c1-10-4-6-11(7-5-10)13-9-12-3-2-8-15-14(12)16-13/h2-9H,1H3. The highest BCUT2D eigenvalue weighted by molar-refractivity contribution is 5.79. The van der Waals surface area contributed by atoms with Crippen molar-refractivity contribution in [3.05, 3.63) is 54.2 Å². The van der Waals surface area contributed by atoms with Gasteiger partial charge in [-0.3, -0.25) is 0 Å². The topological polar surface area (TPSA) is 26.0 Å². The predicted octanol–water partition coefficient (Wildman–Crippen LogP) is 3.80. The number of aryl methyl sites for hydroxylation is 1. The van der Waals surface area contributed by atoms with E-state index in [4.69, 9.17) is 4.42 Å². The Balaban J connectivity index is 2.15. The number of pyridine rings is 1. The van der Waals surface area contributed by atoms with Gasteiger partial charge in [0, 0.05) is 17.1 Å². The van der Waals surface area contributed by atoms with Crippen molar-refractivity contribution < 1.29 is 4.42 Å². The van der Waals surface area contributed by atoms with E-state index in [2.05, 4.69) is 36.2 Å². The maximum atomic E-state index is 5.68. The zero-order chi connectivity index (χ0) is 11.0. The summed E-state index contributed by atoms with van der Waals surface area (Å²) in [6.45, 7) is 2.07. The number of hydrogen-bond acceptors (Lipinski definition) is 2. The molecule has 0 fully saturated rings. The van der Waals surface area contributed by atoms with Crippen LogP contribution in [0.4, 0.5) is 0 Å². The van der Waals surface area contributed by atoms with Crippen LogP contribution in [0.5, 0.6) is 0 Å². The SMILES string of the molecule is Cc1ccc(-c2cc3cccnc3o2)cc1.